The fraction of sp³-hybridized carbons (Fsp3) is 0.474. The second kappa shape index (κ2) is 8.76. The molecule has 23 heavy (non-hydrogen) atoms. The Labute approximate surface area is 163 Å². The molecule has 0 aliphatic heterocycles. The van der Waals surface area contributed by atoms with Crippen molar-refractivity contribution in [3.8, 4) is 5.75 Å². The van der Waals surface area contributed by atoms with Gasteiger partial charge in [0.2, 0.25) is 0 Å². The van der Waals surface area contributed by atoms with Crippen LogP contribution in [-0.2, 0) is 25.0 Å². The Kier molecular flexibility index (Phi) is 8.68. The Morgan fingerprint density at radius 3 is 2.09 bits per heavy atom. The number of rotatable bonds is 3. The van der Waals surface area contributed by atoms with E-state index in [2.05, 4.69) is 72.7 Å². The molecule has 1 aliphatic carbocycles. The fourth-order valence-corrected chi connectivity index (χ4v) is 4.37. The Bertz CT molecular complexity index is 612. The van der Waals surface area contributed by atoms with Crippen molar-refractivity contribution >= 4 is 24.8 Å². The van der Waals surface area contributed by atoms with Gasteiger partial charge in [-0.3, -0.25) is 0 Å². The van der Waals surface area contributed by atoms with Crippen molar-refractivity contribution in [3.05, 3.63) is 50.4 Å². The molecule has 0 aromatic heterocycles. The molecule has 0 spiro atoms. The van der Waals surface area contributed by atoms with Crippen LogP contribution in [0.5, 0.6) is 5.75 Å². The van der Waals surface area contributed by atoms with Gasteiger partial charge in [-0.1, -0.05) is 0 Å². The first kappa shape index (κ1) is 22.8. The predicted octanol–water partition coefficient (Wildman–Crippen LogP) is 6.46. The monoisotopic (exact) mass is 390 g/mol. The van der Waals surface area contributed by atoms with E-state index in [-0.39, 0.29) is 30.2 Å². The van der Waals surface area contributed by atoms with Crippen LogP contribution in [0.3, 0.4) is 0 Å². The van der Waals surface area contributed by atoms with Gasteiger partial charge in [0.15, 0.2) is 0 Å². The molecule has 1 nitrogen and oxygen atoms in total. The number of hydrogen-bond acceptors (Lipinski definition) is 1. The smallest absolute Gasteiger partial charge is 0.147 e. The largest absolute Gasteiger partial charge is 0.147 e. The Morgan fingerprint density at radius 2 is 1.61 bits per heavy atom. The van der Waals surface area contributed by atoms with Crippen LogP contribution in [-0.4, -0.2) is 0 Å². The van der Waals surface area contributed by atoms with Crippen LogP contribution >= 0.6 is 24.8 Å². The number of allylic oxidation sites excluding steroid dienone is 4. The molecule has 2 rings (SSSR count). The number of halogens is 2. The molecule has 1 atom stereocenters. The van der Waals surface area contributed by atoms with E-state index in [9.17, 15) is 0 Å². The second-order valence-corrected chi connectivity index (χ2v) is 8.53. The molecule has 0 N–H and O–H groups in total. The van der Waals surface area contributed by atoms with E-state index in [1.165, 1.54) is 22.3 Å². The summed E-state index contributed by atoms with van der Waals surface area (Å²) in [7, 11) is 0. The van der Waals surface area contributed by atoms with Gasteiger partial charge in [0.05, 0.1) is 0 Å². The van der Waals surface area contributed by atoms with E-state index in [0.29, 0.717) is 5.92 Å². The van der Waals surface area contributed by atoms with Crippen LogP contribution in [0.4, 0.5) is 0 Å². The fourth-order valence-electron chi connectivity index (χ4n) is 2.67. The third-order valence-corrected chi connectivity index (χ3v) is 6.75. The van der Waals surface area contributed by atoms with Crippen molar-refractivity contribution in [2.24, 2.45) is 5.92 Å². The normalized spacial score (nSPS) is 17.6. The van der Waals surface area contributed by atoms with Crippen molar-refractivity contribution in [2.45, 2.75) is 53.9 Å². The Hall–Kier alpha value is -0.206. The summed E-state index contributed by atoms with van der Waals surface area (Å²) in [5.74, 6) is 1.59. The van der Waals surface area contributed by atoms with Gasteiger partial charge in [0.1, 0.15) is 0 Å². The molecule has 1 aliphatic rings. The van der Waals surface area contributed by atoms with E-state index in [1.807, 2.05) is 0 Å². The number of benzene rings is 1. The van der Waals surface area contributed by atoms with Gasteiger partial charge in [-0.25, -0.2) is 0 Å². The SMILES string of the molecule is CC1=C(C)C(C)[C]([Ti][O]c2cccc(C(C)(C)C)c2)=C1C.Cl.Cl. The molecule has 4 heteroatoms. The summed E-state index contributed by atoms with van der Waals surface area (Å²) in [5.41, 5.74) is 5.95. The topological polar surface area (TPSA) is 9.23 Å². The third-order valence-electron chi connectivity index (χ3n) is 4.62. The van der Waals surface area contributed by atoms with Crippen LogP contribution in [0.15, 0.2) is 44.9 Å². The first-order valence-electron chi connectivity index (χ1n) is 7.63. The van der Waals surface area contributed by atoms with E-state index >= 15 is 0 Å². The molecule has 1 aromatic rings. The quantitative estimate of drug-likeness (QED) is 0.537. The maximum atomic E-state index is 6.20. The van der Waals surface area contributed by atoms with Crippen molar-refractivity contribution < 1.29 is 22.9 Å². The van der Waals surface area contributed by atoms with Crippen LogP contribution in [0.1, 0.15) is 54.0 Å². The van der Waals surface area contributed by atoms with Gasteiger partial charge in [0.25, 0.3) is 0 Å². The Balaban J connectivity index is 0.00000242. The average molecular weight is 391 g/mol. The van der Waals surface area contributed by atoms with E-state index in [0.717, 1.165) is 5.75 Å². The Morgan fingerprint density at radius 1 is 1.00 bits per heavy atom. The molecule has 0 saturated carbocycles. The molecule has 128 valence electrons. The zero-order valence-electron chi connectivity index (χ0n) is 15.1. The number of hydrogen-bond donors (Lipinski definition) is 0. The van der Waals surface area contributed by atoms with Crippen molar-refractivity contribution in [3.63, 3.8) is 0 Å². The van der Waals surface area contributed by atoms with Gasteiger partial charge in [0, 0.05) is 0 Å². The summed E-state index contributed by atoms with van der Waals surface area (Å²) in [5, 5.41) is 0. The molecular formula is C19H28Cl2OTi. The zero-order valence-corrected chi connectivity index (χ0v) is 18.3. The van der Waals surface area contributed by atoms with Crippen LogP contribution in [0, 0.1) is 5.92 Å². The molecule has 0 heterocycles. The molecule has 0 radical (unpaired) electrons. The maximum absolute atomic E-state index is 6.20. The molecule has 0 amide bonds. The minimum Gasteiger partial charge on any atom is -0.147 e. The van der Waals surface area contributed by atoms with Crippen LogP contribution < -0.4 is 3.32 Å². The van der Waals surface area contributed by atoms with Gasteiger partial charge in [-0.2, -0.15) is 0 Å². The minimum atomic E-state index is -0.553. The van der Waals surface area contributed by atoms with Gasteiger partial charge < -0.3 is 0 Å². The zero-order chi connectivity index (χ0) is 15.8. The summed E-state index contributed by atoms with van der Waals surface area (Å²) in [6.45, 7) is 15.8. The van der Waals surface area contributed by atoms with Crippen molar-refractivity contribution in [1.82, 2.24) is 0 Å². The molecule has 1 aromatic carbocycles. The standard InChI is InChI=1S/C10H14O.C9H13.2ClH.Ti/c1-10(2,3)8-5-4-6-9(11)7-8;1-6-5-7(2)9(4)8(6)3;;;/h4-7,11H,1-3H3;6H,1-4H3;2*1H;/q;;;;+1/p-1. The average Bonchev–Trinajstić information content (AvgIpc) is 2.61. The van der Waals surface area contributed by atoms with Crippen LogP contribution in [0.2, 0.25) is 0 Å². The summed E-state index contributed by atoms with van der Waals surface area (Å²) in [4.78, 5) is 0. The predicted molar refractivity (Wildman–Crippen MR) is 101 cm³/mol. The molecule has 1 unspecified atom stereocenters. The van der Waals surface area contributed by atoms with Gasteiger partial charge in [-0.05, 0) is 0 Å². The van der Waals surface area contributed by atoms with E-state index < -0.39 is 19.5 Å². The molecule has 0 fully saturated rings. The molecular weight excluding hydrogens is 363 g/mol. The summed E-state index contributed by atoms with van der Waals surface area (Å²) >= 11 is -0.553. The molecule has 0 saturated heterocycles. The summed E-state index contributed by atoms with van der Waals surface area (Å²) in [6.07, 6.45) is 0. The van der Waals surface area contributed by atoms with E-state index in [4.69, 9.17) is 3.32 Å². The first-order valence-corrected chi connectivity index (χ1v) is 9.05. The van der Waals surface area contributed by atoms with E-state index in [1.54, 1.807) is 3.88 Å². The molecule has 0 bridgehead atoms. The summed E-state index contributed by atoms with van der Waals surface area (Å²) < 4.78 is 7.75. The minimum absolute atomic E-state index is 0. The van der Waals surface area contributed by atoms with Gasteiger partial charge >= 0.3 is 139 Å². The van der Waals surface area contributed by atoms with Crippen LogP contribution in [0.25, 0.3) is 0 Å². The van der Waals surface area contributed by atoms with Crippen molar-refractivity contribution in [2.75, 3.05) is 0 Å². The van der Waals surface area contributed by atoms with Crippen molar-refractivity contribution in [1.29, 1.82) is 0 Å². The maximum Gasteiger partial charge on any atom is -0.147 e. The summed E-state index contributed by atoms with van der Waals surface area (Å²) in [6, 6.07) is 8.58. The first-order chi connectivity index (χ1) is 9.71. The second-order valence-electron chi connectivity index (χ2n) is 7.05. The third kappa shape index (κ3) is 5.13. The van der Waals surface area contributed by atoms with Gasteiger partial charge in [-0.15, -0.1) is 24.8 Å².